The van der Waals surface area contributed by atoms with Crippen molar-refractivity contribution < 1.29 is 4.39 Å². The van der Waals surface area contributed by atoms with Gasteiger partial charge in [-0.25, -0.2) is 4.39 Å². The Hall–Kier alpha value is -1.02. The normalized spacial score (nSPS) is 26.1. The van der Waals surface area contributed by atoms with Crippen LogP contribution in [0, 0.1) is 0 Å². The Morgan fingerprint density at radius 3 is 2.60 bits per heavy atom. The van der Waals surface area contributed by atoms with Crippen LogP contribution in [0.25, 0.3) is 0 Å². The number of nitrogens with one attached hydrogen (secondary N) is 1. The Labute approximate surface area is 93.9 Å². The van der Waals surface area contributed by atoms with Gasteiger partial charge in [-0.05, 0) is 30.5 Å². The molecule has 0 amide bonds. The van der Waals surface area contributed by atoms with E-state index in [4.69, 9.17) is 11.6 Å². The van der Waals surface area contributed by atoms with Crippen molar-refractivity contribution in [3.8, 4) is 0 Å². The summed E-state index contributed by atoms with van der Waals surface area (Å²) in [4.78, 5) is 0. The summed E-state index contributed by atoms with van der Waals surface area (Å²) in [6, 6.07) is 6.86. The quantitative estimate of drug-likeness (QED) is 0.773. The molecule has 0 radical (unpaired) electrons. The first-order chi connectivity index (χ1) is 7.13. The number of piperidine rings is 1. The maximum atomic E-state index is 14.6. The van der Waals surface area contributed by atoms with Crippen LogP contribution in [0.2, 0.25) is 5.02 Å². The van der Waals surface area contributed by atoms with E-state index in [0.29, 0.717) is 22.7 Å². The smallest absolute Gasteiger partial charge is 0.174 e. The molecule has 0 aliphatic carbocycles. The van der Waals surface area contributed by atoms with E-state index in [0.717, 1.165) is 13.0 Å². The van der Waals surface area contributed by atoms with Crippen LogP contribution < -0.4 is 5.32 Å². The number of allylic oxidation sites excluding steroid dienone is 1. The van der Waals surface area contributed by atoms with Gasteiger partial charge in [-0.3, -0.25) is 0 Å². The van der Waals surface area contributed by atoms with Crippen molar-refractivity contribution in [2.75, 3.05) is 6.54 Å². The zero-order valence-corrected chi connectivity index (χ0v) is 9.15. The monoisotopic (exact) mass is 225 g/mol. The van der Waals surface area contributed by atoms with Crippen LogP contribution in [-0.2, 0) is 5.67 Å². The van der Waals surface area contributed by atoms with Crippen LogP contribution in [0.5, 0.6) is 0 Å². The number of hydrogen-bond donors (Lipinski definition) is 1. The molecular weight excluding hydrogens is 213 g/mol. The molecule has 1 nitrogen and oxygen atoms in total. The summed E-state index contributed by atoms with van der Waals surface area (Å²) in [7, 11) is 0. The standard InChI is InChI=1S/C12H13ClFN/c1-9-12(14,7-2-8-15-9)10-3-5-11(13)6-4-10/h3-6,15H,1-2,7-8H2. The van der Waals surface area contributed by atoms with Gasteiger partial charge < -0.3 is 5.32 Å². The van der Waals surface area contributed by atoms with E-state index in [1.165, 1.54) is 0 Å². The van der Waals surface area contributed by atoms with Crippen LogP contribution in [0.3, 0.4) is 0 Å². The molecule has 1 aromatic rings. The van der Waals surface area contributed by atoms with E-state index >= 15 is 0 Å². The van der Waals surface area contributed by atoms with E-state index in [2.05, 4.69) is 11.9 Å². The van der Waals surface area contributed by atoms with Crippen molar-refractivity contribution in [3.05, 3.63) is 47.1 Å². The lowest BCUT2D eigenvalue weighted by atomic mass is 9.86. The number of hydrogen-bond acceptors (Lipinski definition) is 1. The molecule has 0 aromatic heterocycles. The molecule has 1 unspecified atom stereocenters. The Morgan fingerprint density at radius 1 is 1.33 bits per heavy atom. The molecule has 1 atom stereocenters. The first-order valence-corrected chi connectivity index (χ1v) is 5.39. The van der Waals surface area contributed by atoms with Gasteiger partial charge >= 0.3 is 0 Å². The second-order valence-corrected chi connectivity index (χ2v) is 4.25. The molecule has 0 bridgehead atoms. The molecule has 0 saturated carbocycles. The summed E-state index contributed by atoms with van der Waals surface area (Å²) in [6.07, 6.45) is 1.30. The second kappa shape index (κ2) is 3.86. The van der Waals surface area contributed by atoms with Gasteiger partial charge in [0, 0.05) is 17.3 Å². The minimum atomic E-state index is -1.44. The average molecular weight is 226 g/mol. The highest BCUT2D eigenvalue weighted by molar-refractivity contribution is 6.30. The van der Waals surface area contributed by atoms with Crippen molar-refractivity contribution in [2.45, 2.75) is 18.5 Å². The van der Waals surface area contributed by atoms with Gasteiger partial charge in [0.2, 0.25) is 0 Å². The maximum absolute atomic E-state index is 14.6. The molecule has 1 heterocycles. The Kier molecular flexibility index (Phi) is 2.70. The van der Waals surface area contributed by atoms with E-state index in [1.54, 1.807) is 24.3 Å². The molecular formula is C12H13ClFN. The van der Waals surface area contributed by atoms with Gasteiger partial charge in [-0.2, -0.15) is 0 Å². The van der Waals surface area contributed by atoms with Crippen LogP contribution in [-0.4, -0.2) is 6.54 Å². The van der Waals surface area contributed by atoms with Gasteiger partial charge in [0.25, 0.3) is 0 Å². The third-order valence-electron chi connectivity index (χ3n) is 2.82. The number of benzene rings is 1. The third kappa shape index (κ3) is 1.86. The number of halogens is 2. The molecule has 1 N–H and O–H groups in total. The Morgan fingerprint density at radius 2 is 2.00 bits per heavy atom. The summed E-state index contributed by atoms with van der Waals surface area (Å²) in [5, 5.41) is 3.61. The van der Waals surface area contributed by atoms with Gasteiger partial charge in [0.15, 0.2) is 5.67 Å². The Bertz CT molecular complexity index is 374. The number of alkyl halides is 1. The lowest BCUT2D eigenvalue weighted by Crippen LogP contribution is -2.37. The van der Waals surface area contributed by atoms with Crippen molar-refractivity contribution in [1.29, 1.82) is 0 Å². The first kappa shape index (κ1) is 10.5. The molecule has 15 heavy (non-hydrogen) atoms. The van der Waals surface area contributed by atoms with Gasteiger partial charge in [0.05, 0.1) is 0 Å². The van der Waals surface area contributed by atoms with Crippen molar-refractivity contribution in [1.82, 2.24) is 5.32 Å². The van der Waals surface area contributed by atoms with E-state index in [9.17, 15) is 4.39 Å². The first-order valence-electron chi connectivity index (χ1n) is 5.01. The zero-order valence-electron chi connectivity index (χ0n) is 8.39. The summed E-state index contributed by atoms with van der Waals surface area (Å²) in [5.41, 5.74) is -0.358. The van der Waals surface area contributed by atoms with Gasteiger partial charge in [-0.15, -0.1) is 0 Å². The predicted molar refractivity (Wildman–Crippen MR) is 60.6 cm³/mol. The fourth-order valence-corrected chi connectivity index (χ4v) is 2.02. The van der Waals surface area contributed by atoms with E-state index < -0.39 is 5.67 Å². The largest absolute Gasteiger partial charge is 0.386 e. The molecule has 1 aliphatic rings. The topological polar surface area (TPSA) is 12.0 Å². The molecule has 1 saturated heterocycles. The summed E-state index contributed by atoms with van der Waals surface area (Å²) in [6.45, 7) is 4.55. The molecule has 2 rings (SSSR count). The van der Waals surface area contributed by atoms with Gasteiger partial charge in [0.1, 0.15) is 0 Å². The lowest BCUT2D eigenvalue weighted by Gasteiger charge is -2.33. The lowest BCUT2D eigenvalue weighted by molar-refractivity contribution is 0.165. The predicted octanol–water partition coefficient (Wildman–Crippen LogP) is 3.40. The second-order valence-electron chi connectivity index (χ2n) is 3.82. The molecule has 1 aliphatic heterocycles. The van der Waals surface area contributed by atoms with Gasteiger partial charge in [-0.1, -0.05) is 30.3 Å². The summed E-state index contributed by atoms with van der Waals surface area (Å²) < 4.78 is 14.6. The minimum Gasteiger partial charge on any atom is -0.386 e. The number of rotatable bonds is 1. The fourth-order valence-electron chi connectivity index (χ4n) is 1.89. The molecule has 1 aromatic carbocycles. The van der Waals surface area contributed by atoms with E-state index in [-0.39, 0.29) is 0 Å². The average Bonchev–Trinajstić information content (AvgIpc) is 2.23. The molecule has 0 spiro atoms. The van der Waals surface area contributed by atoms with Crippen molar-refractivity contribution in [3.63, 3.8) is 0 Å². The fraction of sp³-hybridized carbons (Fsp3) is 0.333. The molecule has 80 valence electrons. The maximum Gasteiger partial charge on any atom is 0.174 e. The molecule has 1 fully saturated rings. The highest BCUT2D eigenvalue weighted by atomic mass is 35.5. The summed E-state index contributed by atoms with van der Waals surface area (Å²) >= 11 is 5.77. The Balaban J connectivity index is 2.35. The summed E-state index contributed by atoms with van der Waals surface area (Å²) in [5.74, 6) is 0. The zero-order chi connectivity index (χ0) is 10.9. The van der Waals surface area contributed by atoms with Crippen LogP contribution in [0.1, 0.15) is 18.4 Å². The highest BCUT2D eigenvalue weighted by Crippen LogP contribution is 2.38. The van der Waals surface area contributed by atoms with Crippen LogP contribution >= 0.6 is 11.6 Å². The molecule has 3 heteroatoms. The van der Waals surface area contributed by atoms with Crippen LogP contribution in [0.4, 0.5) is 4.39 Å². The third-order valence-corrected chi connectivity index (χ3v) is 3.07. The van der Waals surface area contributed by atoms with Crippen molar-refractivity contribution in [2.24, 2.45) is 0 Å². The minimum absolute atomic E-state index is 0.455. The van der Waals surface area contributed by atoms with Crippen LogP contribution in [0.15, 0.2) is 36.5 Å². The van der Waals surface area contributed by atoms with Crippen molar-refractivity contribution >= 4 is 11.6 Å². The van der Waals surface area contributed by atoms with E-state index in [1.807, 2.05) is 0 Å². The highest BCUT2D eigenvalue weighted by Gasteiger charge is 2.37. The SMILES string of the molecule is C=C1NCCCC1(F)c1ccc(Cl)cc1.